The van der Waals surface area contributed by atoms with Gasteiger partial charge in [-0.2, -0.15) is 0 Å². The highest BCUT2D eigenvalue weighted by Crippen LogP contribution is 2.36. The van der Waals surface area contributed by atoms with E-state index >= 15 is 0 Å². The van der Waals surface area contributed by atoms with E-state index in [9.17, 15) is 5.11 Å². The Kier molecular flexibility index (Phi) is 11.2. The number of hydrogen-bond acceptors (Lipinski definition) is 6. The van der Waals surface area contributed by atoms with Crippen LogP contribution in [0.3, 0.4) is 0 Å². The van der Waals surface area contributed by atoms with Gasteiger partial charge in [-0.3, -0.25) is 0 Å². The third-order valence-electron chi connectivity index (χ3n) is 7.20. The van der Waals surface area contributed by atoms with Crippen molar-refractivity contribution < 1.29 is 28.8 Å². The quantitative estimate of drug-likeness (QED) is 0.175. The molecule has 5 atom stereocenters. The van der Waals surface area contributed by atoms with Crippen LogP contribution in [-0.2, 0) is 50.1 Å². The van der Waals surface area contributed by atoms with Gasteiger partial charge in [0.2, 0.25) is 5.79 Å². The van der Waals surface area contributed by atoms with E-state index < -0.39 is 30.2 Å². The highest BCUT2D eigenvalue weighted by molar-refractivity contribution is 6.18. The summed E-state index contributed by atoms with van der Waals surface area (Å²) in [5, 5.41) is 12.1. The average Bonchev–Trinajstić information content (AvgIpc) is 3.04. The minimum absolute atomic E-state index is 0.0804. The fraction of sp³-hybridized carbons (Fsp3) is 0.314. The van der Waals surface area contributed by atoms with Gasteiger partial charge in [0, 0.05) is 0 Å². The van der Waals surface area contributed by atoms with Crippen molar-refractivity contribution >= 4 is 11.6 Å². The molecule has 0 spiro atoms. The van der Waals surface area contributed by atoms with Crippen LogP contribution in [-0.4, -0.2) is 47.8 Å². The van der Waals surface area contributed by atoms with Crippen LogP contribution < -0.4 is 0 Å². The molecular formula is C35H37ClO6. The largest absolute Gasteiger partial charge is 0.371 e. The van der Waals surface area contributed by atoms with E-state index in [0.717, 1.165) is 22.3 Å². The first-order valence-electron chi connectivity index (χ1n) is 14.2. The van der Waals surface area contributed by atoms with Gasteiger partial charge in [0.1, 0.15) is 31.0 Å². The molecule has 0 unspecified atom stereocenters. The number of alkyl halides is 1. The van der Waals surface area contributed by atoms with Crippen molar-refractivity contribution in [1.29, 1.82) is 0 Å². The van der Waals surface area contributed by atoms with Crippen molar-refractivity contribution in [1.82, 2.24) is 0 Å². The summed E-state index contributed by atoms with van der Waals surface area (Å²) in [6.45, 7) is 0.996. The second-order valence-corrected chi connectivity index (χ2v) is 10.7. The van der Waals surface area contributed by atoms with E-state index in [2.05, 4.69) is 0 Å². The van der Waals surface area contributed by atoms with Crippen molar-refractivity contribution in [2.45, 2.75) is 56.6 Å². The first-order chi connectivity index (χ1) is 20.6. The monoisotopic (exact) mass is 588 g/mol. The van der Waals surface area contributed by atoms with Crippen LogP contribution >= 0.6 is 11.6 Å². The lowest BCUT2D eigenvalue weighted by Gasteiger charge is -2.49. The van der Waals surface area contributed by atoms with Crippen molar-refractivity contribution in [3.8, 4) is 0 Å². The fourth-order valence-corrected chi connectivity index (χ4v) is 5.30. The molecule has 0 saturated carbocycles. The molecule has 4 aromatic rings. The lowest BCUT2D eigenvalue weighted by atomic mass is 9.92. The van der Waals surface area contributed by atoms with E-state index in [0.29, 0.717) is 13.2 Å². The summed E-state index contributed by atoms with van der Waals surface area (Å²) >= 11 is 6.46. The molecule has 5 rings (SSSR count). The van der Waals surface area contributed by atoms with Crippen LogP contribution in [0.1, 0.15) is 22.3 Å². The zero-order chi connectivity index (χ0) is 29.0. The van der Waals surface area contributed by atoms with Crippen molar-refractivity contribution in [3.05, 3.63) is 144 Å². The molecule has 0 aromatic heterocycles. The maximum absolute atomic E-state index is 12.1. The van der Waals surface area contributed by atoms with Gasteiger partial charge in [0.15, 0.2) is 0 Å². The molecule has 0 radical (unpaired) electrons. The predicted octanol–water partition coefficient (Wildman–Crippen LogP) is 6.29. The molecule has 1 fully saturated rings. The van der Waals surface area contributed by atoms with Crippen LogP contribution in [0.5, 0.6) is 0 Å². The molecule has 1 heterocycles. The van der Waals surface area contributed by atoms with Gasteiger partial charge in [0.05, 0.1) is 32.3 Å². The number of aliphatic hydroxyl groups is 1. The summed E-state index contributed by atoms with van der Waals surface area (Å²) in [6.07, 6.45) is -2.97. The topological polar surface area (TPSA) is 66.4 Å². The summed E-state index contributed by atoms with van der Waals surface area (Å²) in [6, 6.07) is 39.3. The highest BCUT2D eigenvalue weighted by atomic mass is 35.5. The predicted molar refractivity (Wildman–Crippen MR) is 162 cm³/mol. The standard InChI is InChI=1S/C35H37ClO6/c36-21-31-32(39-23-28-15-7-2-8-16-28)33(40-24-29-17-9-3-10-18-29)34(41-25-30-19-11-4-12-20-30)35(37,42-31)26-38-22-27-13-5-1-6-14-27/h1-20,31-34,37H,21-26H2/t31-,32-,33+,34-,35+/m0/s1. The Morgan fingerprint density at radius 3 is 1.43 bits per heavy atom. The van der Waals surface area contributed by atoms with Crippen LogP contribution in [0.25, 0.3) is 0 Å². The summed E-state index contributed by atoms with van der Waals surface area (Å²) in [5.41, 5.74) is 3.92. The van der Waals surface area contributed by atoms with E-state index in [1.54, 1.807) is 0 Å². The van der Waals surface area contributed by atoms with E-state index in [1.807, 2.05) is 121 Å². The third-order valence-corrected chi connectivity index (χ3v) is 7.51. The molecule has 0 bridgehead atoms. The van der Waals surface area contributed by atoms with Gasteiger partial charge in [-0.25, -0.2) is 0 Å². The minimum Gasteiger partial charge on any atom is -0.371 e. The smallest absolute Gasteiger partial charge is 0.219 e. The fourth-order valence-electron chi connectivity index (χ4n) is 5.06. The SMILES string of the molecule is O[C@]1(COCc2ccccc2)O[C@@H](CCl)[C@H](OCc2ccccc2)[C@@H](OCc2ccccc2)[C@@H]1OCc1ccccc1. The van der Waals surface area contributed by atoms with Gasteiger partial charge in [-0.15, -0.1) is 11.6 Å². The summed E-state index contributed by atoms with van der Waals surface area (Å²) in [7, 11) is 0. The van der Waals surface area contributed by atoms with E-state index in [-0.39, 0.29) is 25.7 Å². The minimum atomic E-state index is -1.85. The Hall–Kier alpha value is -3.07. The maximum Gasteiger partial charge on any atom is 0.219 e. The Bertz CT molecular complexity index is 1310. The lowest BCUT2D eigenvalue weighted by molar-refractivity contribution is -0.373. The Labute approximate surface area is 252 Å². The van der Waals surface area contributed by atoms with E-state index in [4.69, 9.17) is 35.3 Å². The first kappa shape index (κ1) is 30.4. The Morgan fingerprint density at radius 1 is 0.571 bits per heavy atom. The number of rotatable bonds is 14. The molecule has 1 aliphatic heterocycles. The van der Waals surface area contributed by atoms with Gasteiger partial charge in [-0.05, 0) is 22.3 Å². The summed E-state index contributed by atoms with van der Waals surface area (Å²) in [4.78, 5) is 0. The molecule has 0 aliphatic carbocycles. The molecule has 1 N–H and O–H groups in total. The molecule has 6 nitrogen and oxygen atoms in total. The summed E-state index contributed by atoms with van der Waals surface area (Å²) < 4.78 is 31.8. The van der Waals surface area contributed by atoms with Crippen molar-refractivity contribution in [2.24, 2.45) is 0 Å². The summed E-state index contributed by atoms with van der Waals surface area (Å²) in [5.74, 6) is -1.77. The third kappa shape index (κ3) is 8.27. The van der Waals surface area contributed by atoms with Crippen molar-refractivity contribution in [3.63, 3.8) is 0 Å². The second-order valence-electron chi connectivity index (χ2n) is 10.4. The number of halogens is 1. The van der Waals surface area contributed by atoms with Crippen LogP contribution in [0, 0.1) is 0 Å². The van der Waals surface area contributed by atoms with E-state index in [1.165, 1.54) is 0 Å². The van der Waals surface area contributed by atoms with Crippen LogP contribution in [0.15, 0.2) is 121 Å². The lowest BCUT2D eigenvalue weighted by Crippen LogP contribution is -2.68. The molecule has 0 amide bonds. The Balaban J connectivity index is 1.42. The Morgan fingerprint density at radius 2 is 0.976 bits per heavy atom. The van der Waals surface area contributed by atoms with Gasteiger partial charge >= 0.3 is 0 Å². The molecule has 42 heavy (non-hydrogen) atoms. The van der Waals surface area contributed by atoms with Crippen molar-refractivity contribution in [2.75, 3.05) is 12.5 Å². The van der Waals surface area contributed by atoms with Crippen LogP contribution in [0.2, 0.25) is 0 Å². The van der Waals surface area contributed by atoms with Crippen LogP contribution in [0.4, 0.5) is 0 Å². The second kappa shape index (κ2) is 15.4. The zero-order valence-corrected chi connectivity index (χ0v) is 24.2. The van der Waals surface area contributed by atoms with Gasteiger partial charge in [-0.1, -0.05) is 121 Å². The normalized spacial score (nSPS) is 24.0. The molecule has 220 valence electrons. The molecule has 4 aromatic carbocycles. The number of benzene rings is 4. The molecule has 7 heteroatoms. The number of hydrogen-bond donors (Lipinski definition) is 1. The highest BCUT2D eigenvalue weighted by Gasteiger charge is 2.56. The van der Waals surface area contributed by atoms with Gasteiger partial charge in [0.25, 0.3) is 0 Å². The maximum atomic E-state index is 12.1. The molecule has 1 aliphatic rings. The first-order valence-corrected chi connectivity index (χ1v) is 14.7. The zero-order valence-electron chi connectivity index (χ0n) is 23.5. The average molecular weight is 589 g/mol. The van der Waals surface area contributed by atoms with Gasteiger partial charge < -0.3 is 28.8 Å². The molecule has 1 saturated heterocycles. The number of ether oxygens (including phenoxy) is 5. The molecular weight excluding hydrogens is 552 g/mol.